The zero-order valence-electron chi connectivity index (χ0n) is 13.3. The molecule has 5 nitrogen and oxygen atoms in total. The predicted octanol–water partition coefficient (Wildman–Crippen LogP) is 2.05. The van der Waals surface area contributed by atoms with Gasteiger partial charge in [0.25, 0.3) is 0 Å². The number of aromatic nitrogens is 3. The van der Waals surface area contributed by atoms with Crippen molar-refractivity contribution in [1.82, 2.24) is 20.1 Å². The largest absolute Gasteiger partial charge is 0.377 e. The molecule has 0 amide bonds. The molecule has 2 saturated carbocycles. The lowest BCUT2D eigenvalue weighted by molar-refractivity contribution is -0.131. The summed E-state index contributed by atoms with van der Waals surface area (Å²) in [6.45, 7) is 2.95. The standard InChI is InChI=1S/C17H26N4O/c1-4-9-21-13(5-1)19-20-14(21)11-18-15-12-6-10-22-16(12)17(15)7-2-3-8-17/h12,15-16,18H,1-11H2/t12-,15-,16+/m1/s1. The van der Waals surface area contributed by atoms with Crippen molar-refractivity contribution in [3.05, 3.63) is 11.6 Å². The van der Waals surface area contributed by atoms with E-state index >= 15 is 0 Å². The normalized spacial score (nSPS) is 35.4. The Hall–Kier alpha value is -0.940. The van der Waals surface area contributed by atoms with Gasteiger partial charge in [-0.2, -0.15) is 0 Å². The van der Waals surface area contributed by atoms with Crippen molar-refractivity contribution in [1.29, 1.82) is 0 Å². The van der Waals surface area contributed by atoms with Crippen LogP contribution in [0.1, 0.15) is 56.6 Å². The molecule has 22 heavy (non-hydrogen) atoms. The van der Waals surface area contributed by atoms with Crippen molar-refractivity contribution in [3.8, 4) is 0 Å². The lowest BCUT2D eigenvalue weighted by atomic mass is 9.54. The molecule has 0 aromatic carbocycles. The summed E-state index contributed by atoms with van der Waals surface area (Å²) < 4.78 is 8.42. The van der Waals surface area contributed by atoms with Gasteiger partial charge in [-0.15, -0.1) is 10.2 Å². The molecule has 3 heterocycles. The number of rotatable bonds is 3. The SMILES string of the molecule is C1CCn2c(nnc2CN[C@@H]2[C@H]3CCO[C@@H]3C23CCCC3)C1. The minimum atomic E-state index is 0.436. The predicted molar refractivity (Wildman–Crippen MR) is 82.3 cm³/mol. The number of nitrogens with one attached hydrogen (secondary N) is 1. The highest BCUT2D eigenvalue weighted by Crippen LogP contribution is 2.60. The van der Waals surface area contributed by atoms with Crippen LogP contribution in [0.2, 0.25) is 0 Å². The third-order valence-corrected chi connectivity index (χ3v) is 6.70. The van der Waals surface area contributed by atoms with Crippen LogP contribution < -0.4 is 5.32 Å². The van der Waals surface area contributed by atoms with Gasteiger partial charge in [0.2, 0.25) is 0 Å². The van der Waals surface area contributed by atoms with E-state index in [0.29, 0.717) is 17.6 Å². The molecule has 2 aliphatic carbocycles. The molecule has 1 aromatic rings. The van der Waals surface area contributed by atoms with Crippen molar-refractivity contribution >= 4 is 0 Å². The van der Waals surface area contributed by atoms with E-state index in [1.165, 1.54) is 50.8 Å². The van der Waals surface area contributed by atoms with Gasteiger partial charge < -0.3 is 14.6 Å². The second-order valence-corrected chi connectivity index (χ2v) is 7.68. The first-order chi connectivity index (χ1) is 10.9. The molecule has 2 aliphatic heterocycles. The summed E-state index contributed by atoms with van der Waals surface area (Å²) >= 11 is 0. The Labute approximate surface area is 131 Å². The average Bonchev–Trinajstić information content (AvgIpc) is 3.26. The van der Waals surface area contributed by atoms with Crippen LogP contribution in [0.5, 0.6) is 0 Å². The van der Waals surface area contributed by atoms with E-state index in [1.54, 1.807) is 0 Å². The highest BCUT2D eigenvalue weighted by Gasteiger charge is 2.64. The van der Waals surface area contributed by atoms with Crippen molar-refractivity contribution in [2.45, 2.75) is 76.6 Å². The van der Waals surface area contributed by atoms with Gasteiger partial charge in [-0.3, -0.25) is 0 Å². The summed E-state index contributed by atoms with van der Waals surface area (Å²) in [7, 11) is 0. The Morgan fingerprint density at radius 1 is 1.18 bits per heavy atom. The van der Waals surface area contributed by atoms with Gasteiger partial charge in [0.15, 0.2) is 0 Å². The molecule has 0 bridgehead atoms. The Kier molecular flexibility index (Phi) is 3.09. The fourth-order valence-corrected chi connectivity index (χ4v) is 5.71. The van der Waals surface area contributed by atoms with Crippen LogP contribution in [0.3, 0.4) is 0 Å². The van der Waals surface area contributed by atoms with E-state index in [0.717, 1.165) is 37.9 Å². The maximum Gasteiger partial charge on any atom is 0.147 e. The van der Waals surface area contributed by atoms with Crippen LogP contribution in [0.15, 0.2) is 0 Å². The first-order valence-corrected chi connectivity index (χ1v) is 9.14. The van der Waals surface area contributed by atoms with Crippen molar-refractivity contribution < 1.29 is 4.74 Å². The second kappa shape index (κ2) is 5.03. The van der Waals surface area contributed by atoms with Gasteiger partial charge in [0.1, 0.15) is 11.6 Å². The first-order valence-electron chi connectivity index (χ1n) is 9.14. The monoisotopic (exact) mass is 302 g/mol. The van der Waals surface area contributed by atoms with Crippen LogP contribution in [0.25, 0.3) is 0 Å². The third-order valence-electron chi connectivity index (χ3n) is 6.70. The molecule has 0 radical (unpaired) electrons. The molecule has 0 unspecified atom stereocenters. The van der Waals surface area contributed by atoms with Gasteiger partial charge in [0, 0.05) is 36.9 Å². The highest BCUT2D eigenvalue weighted by molar-refractivity contribution is 5.17. The van der Waals surface area contributed by atoms with E-state index in [-0.39, 0.29) is 0 Å². The molecular weight excluding hydrogens is 276 g/mol. The quantitative estimate of drug-likeness (QED) is 0.928. The molecule has 1 saturated heterocycles. The topological polar surface area (TPSA) is 52.0 Å². The summed E-state index contributed by atoms with van der Waals surface area (Å²) in [5.41, 5.74) is 0.436. The maximum absolute atomic E-state index is 6.07. The lowest BCUT2D eigenvalue weighted by Crippen LogP contribution is -2.67. The molecule has 3 atom stereocenters. The van der Waals surface area contributed by atoms with Gasteiger partial charge in [0.05, 0.1) is 12.6 Å². The van der Waals surface area contributed by atoms with E-state index in [2.05, 4.69) is 20.1 Å². The van der Waals surface area contributed by atoms with E-state index in [9.17, 15) is 0 Å². The molecule has 1 N–H and O–H groups in total. The van der Waals surface area contributed by atoms with Crippen molar-refractivity contribution in [3.63, 3.8) is 0 Å². The Bertz CT molecular complexity index is 563. The maximum atomic E-state index is 6.07. The van der Waals surface area contributed by atoms with Gasteiger partial charge in [-0.25, -0.2) is 0 Å². The number of hydrogen-bond acceptors (Lipinski definition) is 4. The average molecular weight is 302 g/mol. The lowest BCUT2D eigenvalue weighted by Gasteiger charge is -2.57. The van der Waals surface area contributed by atoms with Crippen LogP contribution in [-0.2, 0) is 24.2 Å². The molecular formula is C17H26N4O. The number of aryl methyl sites for hydroxylation is 1. The van der Waals surface area contributed by atoms with Crippen LogP contribution >= 0.6 is 0 Å². The van der Waals surface area contributed by atoms with Crippen molar-refractivity contribution in [2.24, 2.45) is 11.3 Å². The Balaban J connectivity index is 1.32. The number of hydrogen-bond donors (Lipinski definition) is 1. The number of fused-ring (bicyclic) bond motifs is 3. The van der Waals surface area contributed by atoms with Gasteiger partial charge in [-0.1, -0.05) is 12.8 Å². The molecule has 5 rings (SSSR count). The summed E-state index contributed by atoms with van der Waals surface area (Å²) in [6.07, 6.45) is 10.9. The van der Waals surface area contributed by atoms with Crippen LogP contribution in [0, 0.1) is 11.3 Å². The summed E-state index contributed by atoms with van der Waals surface area (Å²) in [4.78, 5) is 0. The van der Waals surface area contributed by atoms with Gasteiger partial charge in [-0.05, 0) is 32.1 Å². The summed E-state index contributed by atoms with van der Waals surface area (Å²) in [5, 5.41) is 12.7. The summed E-state index contributed by atoms with van der Waals surface area (Å²) in [6, 6.07) is 0.638. The minimum Gasteiger partial charge on any atom is -0.377 e. The number of nitrogens with zero attached hydrogens (tertiary/aromatic N) is 3. The van der Waals surface area contributed by atoms with E-state index < -0.39 is 0 Å². The first kappa shape index (κ1) is 13.5. The fraction of sp³-hybridized carbons (Fsp3) is 0.882. The van der Waals surface area contributed by atoms with Crippen molar-refractivity contribution in [2.75, 3.05) is 6.61 Å². The molecule has 5 heteroatoms. The Morgan fingerprint density at radius 3 is 3.00 bits per heavy atom. The van der Waals surface area contributed by atoms with Crippen LogP contribution in [-0.4, -0.2) is 33.5 Å². The zero-order chi connectivity index (χ0) is 14.6. The fourth-order valence-electron chi connectivity index (χ4n) is 5.71. The molecule has 4 aliphatic rings. The highest BCUT2D eigenvalue weighted by atomic mass is 16.5. The van der Waals surface area contributed by atoms with Crippen LogP contribution in [0.4, 0.5) is 0 Å². The minimum absolute atomic E-state index is 0.436. The van der Waals surface area contributed by atoms with E-state index in [4.69, 9.17) is 4.74 Å². The molecule has 120 valence electrons. The second-order valence-electron chi connectivity index (χ2n) is 7.68. The Morgan fingerprint density at radius 2 is 2.09 bits per heavy atom. The van der Waals surface area contributed by atoms with Gasteiger partial charge >= 0.3 is 0 Å². The van der Waals surface area contributed by atoms with E-state index in [1.807, 2.05) is 0 Å². The number of ether oxygens (including phenoxy) is 1. The molecule has 1 aromatic heterocycles. The smallest absolute Gasteiger partial charge is 0.147 e. The third kappa shape index (κ3) is 1.78. The molecule has 3 fully saturated rings. The zero-order valence-corrected chi connectivity index (χ0v) is 13.3. The molecule has 1 spiro atoms. The summed E-state index contributed by atoms with van der Waals surface area (Å²) in [5.74, 6) is 3.07.